The minimum absolute atomic E-state index is 0.0264. The van der Waals surface area contributed by atoms with Crippen LogP contribution in [0.15, 0.2) is 60.8 Å². The SMILES string of the molecule is CC(C)[C@H]1c2ncc(C(=O)N[C@@H]3c4ccccc4C[C@@H]3C)cc2CN1Cc1ccc(C(F)(F)F)cc1. The van der Waals surface area contributed by atoms with Gasteiger partial charge in [-0.2, -0.15) is 13.2 Å². The molecule has 0 saturated carbocycles. The highest BCUT2D eigenvalue weighted by Gasteiger charge is 2.36. The normalized spacial score (nSPS) is 21.5. The van der Waals surface area contributed by atoms with E-state index in [1.54, 1.807) is 6.20 Å². The lowest BCUT2D eigenvalue weighted by molar-refractivity contribution is -0.137. The van der Waals surface area contributed by atoms with Crippen molar-refractivity contribution in [2.24, 2.45) is 11.8 Å². The van der Waals surface area contributed by atoms with Gasteiger partial charge in [-0.3, -0.25) is 14.7 Å². The van der Waals surface area contributed by atoms with Gasteiger partial charge in [0, 0.05) is 19.3 Å². The molecular formula is C29H30F3N3O. The maximum Gasteiger partial charge on any atom is 0.416 e. The minimum atomic E-state index is -4.35. The van der Waals surface area contributed by atoms with Crippen LogP contribution in [0.2, 0.25) is 0 Å². The zero-order valence-electron chi connectivity index (χ0n) is 20.6. The molecule has 0 bridgehead atoms. The van der Waals surface area contributed by atoms with E-state index >= 15 is 0 Å². The summed E-state index contributed by atoms with van der Waals surface area (Å²) in [5, 5.41) is 3.21. The fraction of sp³-hybridized carbons (Fsp3) is 0.379. The van der Waals surface area contributed by atoms with E-state index in [9.17, 15) is 18.0 Å². The third-order valence-corrected chi connectivity index (χ3v) is 7.40. The molecule has 0 spiro atoms. The van der Waals surface area contributed by atoms with Gasteiger partial charge in [-0.25, -0.2) is 0 Å². The Kier molecular flexibility index (Phi) is 6.37. The van der Waals surface area contributed by atoms with E-state index in [1.807, 2.05) is 18.2 Å². The van der Waals surface area contributed by atoms with Crippen molar-refractivity contribution in [2.45, 2.75) is 58.5 Å². The first kappa shape index (κ1) is 24.5. The number of nitrogens with one attached hydrogen (secondary N) is 1. The van der Waals surface area contributed by atoms with Crippen LogP contribution < -0.4 is 5.32 Å². The molecule has 0 radical (unpaired) electrons. The lowest BCUT2D eigenvalue weighted by Crippen LogP contribution is -2.30. The number of carbonyl (C=O) groups excluding carboxylic acids is 1. The van der Waals surface area contributed by atoms with Crippen LogP contribution in [-0.2, 0) is 25.7 Å². The highest BCUT2D eigenvalue weighted by molar-refractivity contribution is 5.94. The number of carbonyl (C=O) groups is 1. The van der Waals surface area contributed by atoms with Crippen LogP contribution >= 0.6 is 0 Å². The molecule has 1 amide bonds. The number of alkyl halides is 3. The van der Waals surface area contributed by atoms with Crippen LogP contribution in [-0.4, -0.2) is 15.8 Å². The van der Waals surface area contributed by atoms with Gasteiger partial charge >= 0.3 is 6.18 Å². The zero-order valence-corrected chi connectivity index (χ0v) is 20.6. The molecule has 3 aromatic rings. The maximum atomic E-state index is 13.2. The average molecular weight is 494 g/mol. The van der Waals surface area contributed by atoms with Gasteiger partial charge in [0.25, 0.3) is 5.91 Å². The number of benzene rings is 2. The second-order valence-corrected chi connectivity index (χ2v) is 10.4. The van der Waals surface area contributed by atoms with Crippen molar-refractivity contribution in [1.29, 1.82) is 0 Å². The average Bonchev–Trinajstić information content (AvgIpc) is 3.35. The molecule has 2 aromatic carbocycles. The van der Waals surface area contributed by atoms with E-state index in [1.165, 1.54) is 23.3 Å². The molecule has 0 saturated heterocycles. The van der Waals surface area contributed by atoms with Crippen molar-refractivity contribution in [1.82, 2.24) is 15.2 Å². The summed E-state index contributed by atoms with van der Waals surface area (Å²) in [6.07, 6.45) is -1.75. The van der Waals surface area contributed by atoms with Crippen LogP contribution in [0.3, 0.4) is 0 Å². The highest BCUT2D eigenvalue weighted by Crippen LogP contribution is 2.40. The predicted molar refractivity (Wildman–Crippen MR) is 132 cm³/mol. The number of nitrogens with zero attached hydrogens (tertiary/aromatic N) is 2. The van der Waals surface area contributed by atoms with E-state index in [0.717, 1.165) is 35.4 Å². The van der Waals surface area contributed by atoms with Gasteiger partial charge in [0.15, 0.2) is 0 Å². The van der Waals surface area contributed by atoms with E-state index in [-0.39, 0.29) is 23.9 Å². The molecule has 2 aliphatic rings. The quantitative estimate of drug-likeness (QED) is 0.443. The summed E-state index contributed by atoms with van der Waals surface area (Å²) in [6.45, 7) is 7.48. The molecule has 5 rings (SSSR count). The monoisotopic (exact) mass is 493 g/mol. The number of fused-ring (bicyclic) bond motifs is 2. The van der Waals surface area contributed by atoms with Crippen LogP contribution in [0, 0.1) is 11.8 Å². The smallest absolute Gasteiger partial charge is 0.345 e. The topological polar surface area (TPSA) is 45.2 Å². The Morgan fingerprint density at radius 3 is 2.53 bits per heavy atom. The van der Waals surface area contributed by atoms with E-state index in [2.05, 4.69) is 43.1 Å². The fourth-order valence-corrected chi connectivity index (χ4v) is 5.69. The Balaban J connectivity index is 1.34. The van der Waals surface area contributed by atoms with Gasteiger partial charge in [0.2, 0.25) is 0 Å². The molecule has 188 valence electrons. The number of hydrogen-bond acceptors (Lipinski definition) is 3. The van der Waals surface area contributed by atoms with Crippen LogP contribution in [0.1, 0.15) is 76.7 Å². The van der Waals surface area contributed by atoms with Crippen molar-refractivity contribution < 1.29 is 18.0 Å². The second kappa shape index (κ2) is 9.36. The molecule has 1 aromatic heterocycles. The fourth-order valence-electron chi connectivity index (χ4n) is 5.69. The summed E-state index contributed by atoms with van der Waals surface area (Å²) in [6, 6.07) is 15.5. The van der Waals surface area contributed by atoms with Crippen molar-refractivity contribution in [3.05, 3.63) is 99.9 Å². The lowest BCUT2D eigenvalue weighted by atomic mass is 9.98. The molecule has 7 heteroatoms. The molecule has 2 heterocycles. The lowest BCUT2D eigenvalue weighted by Gasteiger charge is -2.27. The van der Waals surface area contributed by atoms with Crippen LogP contribution in [0.25, 0.3) is 0 Å². The molecule has 1 N–H and O–H groups in total. The van der Waals surface area contributed by atoms with Gasteiger partial charge in [-0.1, -0.05) is 57.2 Å². The van der Waals surface area contributed by atoms with Crippen molar-refractivity contribution in [3.8, 4) is 0 Å². The second-order valence-electron chi connectivity index (χ2n) is 10.4. The Hall–Kier alpha value is -3.19. The number of halogens is 3. The molecule has 0 unspecified atom stereocenters. The van der Waals surface area contributed by atoms with Gasteiger partial charge in [-0.05, 0) is 58.7 Å². The standard InChI is InChI=1S/C29H30F3N3O/c1-17(2)27-26-22(16-35(27)15-19-8-10-23(11-9-19)29(30,31)32)13-21(14-33-26)28(36)34-25-18(3)12-20-6-4-5-7-24(20)25/h4-11,13-14,17-18,25,27H,12,15-16H2,1-3H3,(H,34,36)/t18-,25-,27-/m0/s1. The summed E-state index contributed by atoms with van der Waals surface area (Å²) in [4.78, 5) is 20.1. The van der Waals surface area contributed by atoms with Gasteiger partial charge in [0.05, 0.1) is 28.9 Å². The first-order valence-electron chi connectivity index (χ1n) is 12.4. The number of hydrogen-bond donors (Lipinski definition) is 1. The maximum absolute atomic E-state index is 13.2. The van der Waals surface area contributed by atoms with Gasteiger partial charge in [0.1, 0.15) is 0 Å². The van der Waals surface area contributed by atoms with Crippen LogP contribution in [0.5, 0.6) is 0 Å². The number of amides is 1. The molecule has 3 atom stereocenters. The predicted octanol–water partition coefficient (Wildman–Crippen LogP) is 6.48. The Morgan fingerprint density at radius 1 is 1.11 bits per heavy atom. The summed E-state index contributed by atoms with van der Waals surface area (Å²) in [5.41, 5.74) is 5.09. The van der Waals surface area contributed by atoms with Crippen molar-refractivity contribution in [3.63, 3.8) is 0 Å². The van der Waals surface area contributed by atoms with E-state index < -0.39 is 11.7 Å². The third kappa shape index (κ3) is 4.64. The summed E-state index contributed by atoms with van der Waals surface area (Å²) < 4.78 is 38.8. The first-order chi connectivity index (χ1) is 17.1. The Bertz CT molecular complexity index is 1270. The Morgan fingerprint density at radius 2 is 1.83 bits per heavy atom. The van der Waals surface area contributed by atoms with Gasteiger partial charge < -0.3 is 5.32 Å². The molecule has 4 nitrogen and oxygen atoms in total. The molecule has 1 aliphatic heterocycles. The number of rotatable bonds is 5. The number of aromatic nitrogens is 1. The minimum Gasteiger partial charge on any atom is -0.345 e. The Labute approximate surface area is 209 Å². The summed E-state index contributed by atoms with van der Waals surface area (Å²) in [5.74, 6) is 0.433. The van der Waals surface area contributed by atoms with Crippen molar-refractivity contribution >= 4 is 5.91 Å². The summed E-state index contributed by atoms with van der Waals surface area (Å²) in [7, 11) is 0. The first-order valence-corrected chi connectivity index (χ1v) is 12.4. The van der Waals surface area contributed by atoms with Gasteiger partial charge in [-0.15, -0.1) is 0 Å². The largest absolute Gasteiger partial charge is 0.416 e. The van der Waals surface area contributed by atoms with Crippen LogP contribution in [0.4, 0.5) is 13.2 Å². The summed E-state index contributed by atoms with van der Waals surface area (Å²) >= 11 is 0. The zero-order chi connectivity index (χ0) is 25.6. The van der Waals surface area contributed by atoms with Crippen molar-refractivity contribution in [2.75, 3.05) is 0 Å². The molecule has 1 aliphatic carbocycles. The van der Waals surface area contributed by atoms with E-state index in [4.69, 9.17) is 4.98 Å². The molecular weight excluding hydrogens is 463 g/mol. The third-order valence-electron chi connectivity index (χ3n) is 7.40. The number of pyridine rings is 1. The molecule has 0 fully saturated rings. The highest BCUT2D eigenvalue weighted by atomic mass is 19.4. The molecule has 36 heavy (non-hydrogen) atoms. The van der Waals surface area contributed by atoms with E-state index in [0.29, 0.717) is 24.6 Å².